The molecule has 0 radical (unpaired) electrons. The monoisotopic (exact) mass is 283 g/mol. The first-order valence-electron chi connectivity index (χ1n) is 6.48. The molecule has 0 saturated carbocycles. The maximum absolute atomic E-state index is 6.18. The van der Waals surface area contributed by atoms with E-state index in [9.17, 15) is 0 Å². The minimum atomic E-state index is 0.475. The predicted molar refractivity (Wildman–Crippen MR) is 81.3 cm³/mol. The lowest BCUT2D eigenvalue weighted by Crippen LogP contribution is -2.22. The van der Waals surface area contributed by atoms with Gasteiger partial charge in [0.1, 0.15) is 0 Å². The highest BCUT2D eigenvalue weighted by Crippen LogP contribution is 2.36. The average molecular weight is 284 g/mol. The van der Waals surface area contributed by atoms with Gasteiger partial charge in [-0.2, -0.15) is 0 Å². The summed E-state index contributed by atoms with van der Waals surface area (Å²) >= 11 is 6.18. The van der Waals surface area contributed by atoms with E-state index in [1.54, 1.807) is 7.11 Å². The molecular weight excluding hydrogens is 262 g/mol. The summed E-state index contributed by atoms with van der Waals surface area (Å²) in [6.45, 7) is 7.57. The first-order valence-corrected chi connectivity index (χ1v) is 6.86. The first kappa shape index (κ1) is 15.9. The van der Waals surface area contributed by atoms with Crippen molar-refractivity contribution in [1.29, 1.82) is 0 Å². The number of benzene rings is 1. The van der Waals surface area contributed by atoms with E-state index in [1.165, 1.54) is 0 Å². The van der Waals surface area contributed by atoms with Crippen LogP contribution in [0.1, 0.15) is 26.3 Å². The normalized spacial score (nSPS) is 11.3. The van der Waals surface area contributed by atoms with Crippen LogP contribution in [-0.4, -0.2) is 26.3 Å². The molecule has 0 heterocycles. The average Bonchev–Trinajstić information content (AvgIpc) is 2.35. The van der Waals surface area contributed by atoms with Crippen molar-refractivity contribution in [3.05, 3.63) is 28.8 Å². The van der Waals surface area contributed by atoms with Crippen molar-refractivity contribution < 1.29 is 9.47 Å². The van der Waals surface area contributed by atoms with Crippen molar-refractivity contribution >= 4 is 17.7 Å². The highest BCUT2D eigenvalue weighted by molar-refractivity contribution is 6.32. The van der Waals surface area contributed by atoms with E-state index in [0.717, 1.165) is 12.1 Å². The molecule has 1 N–H and O–H groups in total. The Morgan fingerprint density at radius 3 is 2.68 bits per heavy atom. The second-order valence-electron chi connectivity index (χ2n) is 4.43. The van der Waals surface area contributed by atoms with Crippen LogP contribution in [-0.2, 0) is 0 Å². The standard InChI is InChI=1S/C15H22ClNO2/c1-5-19-14-10-12(7-6-8-17-11(2)3)9-13(16)15(14)18-4/h6-7,9-11,17H,5,8H2,1-4H3. The van der Waals surface area contributed by atoms with Crippen LogP contribution in [0.5, 0.6) is 11.5 Å². The molecule has 4 heteroatoms. The fraction of sp³-hybridized carbons (Fsp3) is 0.467. The van der Waals surface area contributed by atoms with Gasteiger partial charge in [-0.15, -0.1) is 0 Å². The Balaban J connectivity index is 2.84. The zero-order valence-electron chi connectivity index (χ0n) is 12.0. The Hall–Kier alpha value is -1.19. The maximum atomic E-state index is 6.18. The fourth-order valence-corrected chi connectivity index (χ4v) is 1.94. The van der Waals surface area contributed by atoms with E-state index in [2.05, 4.69) is 25.2 Å². The van der Waals surface area contributed by atoms with Crippen LogP contribution in [0.2, 0.25) is 5.02 Å². The van der Waals surface area contributed by atoms with E-state index >= 15 is 0 Å². The molecule has 1 rings (SSSR count). The Bertz CT molecular complexity index is 430. The minimum absolute atomic E-state index is 0.475. The third-order valence-electron chi connectivity index (χ3n) is 2.49. The summed E-state index contributed by atoms with van der Waals surface area (Å²) in [5.41, 5.74) is 1.000. The molecule has 0 aliphatic heterocycles. The zero-order chi connectivity index (χ0) is 14.3. The zero-order valence-corrected chi connectivity index (χ0v) is 12.8. The van der Waals surface area contributed by atoms with Gasteiger partial charge in [-0.25, -0.2) is 0 Å². The fourth-order valence-electron chi connectivity index (χ4n) is 1.64. The van der Waals surface area contributed by atoms with Gasteiger partial charge in [0.25, 0.3) is 0 Å². The molecule has 0 amide bonds. The van der Waals surface area contributed by atoms with Crippen molar-refractivity contribution in [2.45, 2.75) is 26.8 Å². The molecule has 106 valence electrons. The summed E-state index contributed by atoms with van der Waals surface area (Å²) in [6, 6.07) is 4.28. The van der Waals surface area contributed by atoms with Gasteiger partial charge in [0.05, 0.1) is 18.7 Å². The molecule has 19 heavy (non-hydrogen) atoms. The van der Waals surface area contributed by atoms with Gasteiger partial charge in [-0.3, -0.25) is 0 Å². The third kappa shape index (κ3) is 5.13. The van der Waals surface area contributed by atoms with E-state index in [-0.39, 0.29) is 0 Å². The number of hydrogen-bond donors (Lipinski definition) is 1. The van der Waals surface area contributed by atoms with Crippen LogP contribution in [0, 0.1) is 0 Å². The van der Waals surface area contributed by atoms with E-state index in [4.69, 9.17) is 21.1 Å². The van der Waals surface area contributed by atoms with Gasteiger partial charge in [-0.05, 0) is 24.6 Å². The van der Waals surface area contributed by atoms with Gasteiger partial charge in [0, 0.05) is 12.6 Å². The Morgan fingerprint density at radius 1 is 1.37 bits per heavy atom. The van der Waals surface area contributed by atoms with Crippen molar-refractivity contribution in [3.8, 4) is 11.5 Å². The summed E-state index contributed by atoms with van der Waals surface area (Å²) in [6.07, 6.45) is 4.08. The molecule has 0 aliphatic carbocycles. The molecule has 0 atom stereocenters. The van der Waals surface area contributed by atoms with Crippen LogP contribution >= 0.6 is 11.6 Å². The van der Waals surface area contributed by atoms with Crippen LogP contribution in [0.3, 0.4) is 0 Å². The molecule has 0 saturated heterocycles. The van der Waals surface area contributed by atoms with E-state index in [1.807, 2.05) is 25.1 Å². The lowest BCUT2D eigenvalue weighted by atomic mass is 10.2. The highest BCUT2D eigenvalue weighted by atomic mass is 35.5. The van der Waals surface area contributed by atoms with Crippen molar-refractivity contribution in [2.75, 3.05) is 20.3 Å². The molecule has 0 aromatic heterocycles. The van der Waals surface area contributed by atoms with Gasteiger partial charge in [0.2, 0.25) is 0 Å². The number of nitrogens with one attached hydrogen (secondary N) is 1. The number of rotatable bonds is 7. The third-order valence-corrected chi connectivity index (χ3v) is 2.77. The Kier molecular flexibility index (Phi) is 6.74. The minimum Gasteiger partial charge on any atom is -0.491 e. The lowest BCUT2D eigenvalue weighted by Gasteiger charge is -2.11. The smallest absolute Gasteiger partial charge is 0.179 e. The van der Waals surface area contributed by atoms with Crippen LogP contribution in [0.15, 0.2) is 18.2 Å². The molecule has 3 nitrogen and oxygen atoms in total. The van der Waals surface area contributed by atoms with Crippen LogP contribution in [0.25, 0.3) is 6.08 Å². The summed E-state index contributed by atoms with van der Waals surface area (Å²) in [5, 5.41) is 3.88. The highest BCUT2D eigenvalue weighted by Gasteiger charge is 2.10. The molecule has 0 spiro atoms. The molecule has 0 aliphatic rings. The van der Waals surface area contributed by atoms with E-state index in [0.29, 0.717) is 29.2 Å². The SMILES string of the molecule is CCOc1cc(C=CCNC(C)C)cc(Cl)c1OC. The quantitative estimate of drug-likeness (QED) is 0.826. The molecule has 0 fully saturated rings. The van der Waals surface area contributed by atoms with Gasteiger partial charge in [0.15, 0.2) is 11.5 Å². The van der Waals surface area contributed by atoms with Crippen molar-refractivity contribution in [2.24, 2.45) is 0 Å². The number of halogens is 1. The van der Waals surface area contributed by atoms with Crippen molar-refractivity contribution in [1.82, 2.24) is 5.32 Å². The van der Waals surface area contributed by atoms with Crippen molar-refractivity contribution in [3.63, 3.8) is 0 Å². The predicted octanol–water partition coefficient (Wildman–Crippen LogP) is 3.76. The molecular formula is C15H22ClNO2. The number of methoxy groups -OCH3 is 1. The summed E-state index contributed by atoms with van der Waals surface area (Å²) in [7, 11) is 1.59. The van der Waals surface area contributed by atoms with Gasteiger partial charge in [-0.1, -0.05) is 37.6 Å². The van der Waals surface area contributed by atoms with Gasteiger partial charge < -0.3 is 14.8 Å². The van der Waals surface area contributed by atoms with Crippen LogP contribution < -0.4 is 14.8 Å². The largest absolute Gasteiger partial charge is 0.491 e. The lowest BCUT2D eigenvalue weighted by molar-refractivity contribution is 0.311. The molecule has 1 aromatic carbocycles. The maximum Gasteiger partial charge on any atom is 0.179 e. The number of hydrogen-bond acceptors (Lipinski definition) is 3. The molecule has 0 bridgehead atoms. The van der Waals surface area contributed by atoms with Crippen LogP contribution in [0.4, 0.5) is 0 Å². The molecule has 0 unspecified atom stereocenters. The summed E-state index contributed by atoms with van der Waals surface area (Å²) < 4.78 is 10.8. The van der Waals surface area contributed by atoms with E-state index < -0.39 is 0 Å². The summed E-state index contributed by atoms with van der Waals surface area (Å²) in [4.78, 5) is 0. The van der Waals surface area contributed by atoms with Gasteiger partial charge >= 0.3 is 0 Å². The topological polar surface area (TPSA) is 30.5 Å². The summed E-state index contributed by atoms with van der Waals surface area (Å²) in [5.74, 6) is 1.26. The Morgan fingerprint density at radius 2 is 2.11 bits per heavy atom. The number of ether oxygens (including phenoxy) is 2. The Labute approximate surface area is 120 Å². The molecule has 1 aromatic rings. The second kappa shape index (κ2) is 8.08. The second-order valence-corrected chi connectivity index (χ2v) is 4.84. The first-order chi connectivity index (χ1) is 9.08.